The second kappa shape index (κ2) is 11.6. The van der Waals surface area contributed by atoms with Crippen LogP contribution in [-0.2, 0) is 21.8 Å². The molecule has 0 amide bonds. The molecular formula is C29H25FeNOP-5. The maximum Gasteiger partial charge on any atom is 2.00 e. The van der Waals surface area contributed by atoms with Crippen molar-refractivity contribution in [3.8, 4) is 0 Å². The van der Waals surface area contributed by atoms with E-state index in [9.17, 15) is 0 Å². The molecule has 1 atom stereocenters. The zero-order valence-electron chi connectivity index (χ0n) is 18.9. The Morgan fingerprint density at radius 1 is 0.970 bits per heavy atom. The fourth-order valence-corrected chi connectivity index (χ4v) is 5.84. The third-order valence-electron chi connectivity index (χ3n) is 5.21. The van der Waals surface area contributed by atoms with Crippen LogP contribution in [0.1, 0.15) is 26.3 Å². The molecule has 4 aromatic rings. The number of hydrogen-bond acceptors (Lipinski definition) is 2. The average molecular weight is 490 g/mol. The fourth-order valence-electron chi connectivity index (χ4n) is 3.43. The summed E-state index contributed by atoms with van der Waals surface area (Å²) in [7, 11) is -0.680. The van der Waals surface area contributed by atoms with Gasteiger partial charge < -0.3 is 40.1 Å². The van der Waals surface area contributed by atoms with Crippen molar-refractivity contribution in [1.29, 1.82) is 0 Å². The first-order chi connectivity index (χ1) is 15.5. The molecule has 0 aromatic heterocycles. The van der Waals surface area contributed by atoms with E-state index in [2.05, 4.69) is 118 Å². The molecule has 2 nitrogen and oxygen atoms in total. The zero-order chi connectivity index (χ0) is 22.4. The molecular weight excluding hydrogens is 465 g/mol. The van der Waals surface area contributed by atoms with Gasteiger partial charge in [-0.1, -0.05) is 81.4 Å². The second-order valence-electron chi connectivity index (χ2n) is 8.55. The molecule has 0 spiro atoms. The topological polar surface area (TPSA) is 21.6 Å². The van der Waals surface area contributed by atoms with Crippen LogP contribution in [0.3, 0.4) is 0 Å². The summed E-state index contributed by atoms with van der Waals surface area (Å²) in [5, 5.41) is 3.91. The van der Waals surface area contributed by atoms with Crippen LogP contribution in [0, 0.1) is 35.7 Å². The Morgan fingerprint density at radius 2 is 1.55 bits per heavy atom. The van der Waals surface area contributed by atoms with E-state index in [1.54, 1.807) is 6.07 Å². The molecule has 0 radical (unpaired) electrons. The number of rotatable bonds is 4. The SMILES string of the molecule is CC(C)(C)[C@H]1COC(c2[c-]cc[c-]2P(c2ccccc2)c2ccccc2)=N1.[Fe+2].[c-]1[c-][c-][cH-][c-]1. The summed E-state index contributed by atoms with van der Waals surface area (Å²) in [6.07, 6.45) is 0. The number of ether oxygens (including phenoxy) is 1. The molecule has 4 heteroatoms. The van der Waals surface area contributed by atoms with Crippen LogP contribution >= 0.6 is 7.92 Å². The van der Waals surface area contributed by atoms with Crippen LogP contribution in [0.2, 0.25) is 0 Å². The summed E-state index contributed by atoms with van der Waals surface area (Å²) in [6.45, 7) is 7.28. The Balaban J connectivity index is 0.000000453. The zero-order valence-corrected chi connectivity index (χ0v) is 20.9. The van der Waals surface area contributed by atoms with Gasteiger partial charge in [-0.15, -0.1) is 7.92 Å². The maximum atomic E-state index is 6.03. The molecule has 5 rings (SSSR count). The smallest absolute Gasteiger partial charge is 0.999 e. The monoisotopic (exact) mass is 490 g/mol. The quantitative estimate of drug-likeness (QED) is 0.230. The summed E-state index contributed by atoms with van der Waals surface area (Å²) >= 11 is 0. The Labute approximate surface area is 209 Å². The van der Waals surface area contributed by atoms with E-state index in [1.165, 1.54) is 15.9 Å². The third kappa shape index (κ3) is 6.33. The van der Waals surface area contributed by atoms with Gasteiger partial charge >= 0.3 is 17.1 Å². The van der Waals surface area contributed by atoms with Crippen LogP contribution in [-0.4, -0.2) is 18.5 Å². The number of aliphatic imine (C=N–C) groups is 1. The van der Waals surface area contributed by atoms with Gasteiger partial charge in [0.15, 0.2) is 0 Å². The summed E-state index contributed by atoms with van der Waals surface area (Å²) in [5.74, 6) is 0.745. The summed E-state index contributed by atoms with van der Waals surface area (Å²) in [5.41, 5.74) is 1.11. The van der Waals surface area contributed by atoms with Gasteiger partial charge in [0.1, 0.15) is 0 Å². The van der Waals surface area contributed by atoms with Crippen molar-refractivity contribution in [2.24, 2.45) is 10.4 Å². The molecule has 1 aliphatic heterocycles. The predicted molar refractivity (Wildman–Crippen MR) is 133 cm³/mol. The molecule has 0 N–H and O–H groups in total. The second-order valence-corrected chi connectivity index (χ2v) is 10.7. The Kier molecular flexibility index (Phi) is 8.87. The van der Waals surface area contributed by atoms with Crippen molar-refractivity contribution >= 4 is 29.7 Å². The summed E-state index contributed by atoms with van der Waals surface area (Å²) in [4.78, 5) is 4.91. The molecule has 1 aliphatic rings. The van der Waals surface area contributed by atoms with Crippen LogP contribution in [0.5, 0.6) is 0 Å². The minimum atomic E-state index is -0.680. The largest absolute Gasteiger partial charge is 2.00 e. The van der Waals surface area contributed by atoms with E-state index in [0.717, 1.165) is 11.5 Å². The van der Waals surface area contributed by atoms with Gasteiger partial charge in [-0.05, 0) is 16.0 Å². The first kappa shape index (κ1) is 25.2. The Hall–Kier alpha value is -2.44. The van der Waals surface area contributed by atoms with Gasteiger partial charge in [0.2, 0.25) is 0 Å². The van der Waals surface area contributed by atoms with Gasteiger partial charge in [-0.3, -0.25) is 23.5 Å². The van der Waals surface area contributed by atoms with Crippen molar-refractivity contribution in [2.75, 3.05) is 6.61 Å². The number of nitrogens with zero attached hydrogens (tertiary/aromatic N) is 1. The van der Waals surface area contributed by atoms with E-state index in [4.69, 9.17) is 9.73 Å². The normalized spacial score (nSPS) is 15.2. The third-order valence-corrected chi connectivity index (χ3v) is 7.69. The molecule has 33 heavy (non-hydrogen) atoms. The number of hydrogen-bond donors (Lipinski definition) is 0. The summed E-state index contributed by atoms with van der Waals surface area (Å²) in [6, 6.07) is 41.2. The molecule has 0 saturated carbocycles. The summed E-state index contributed by atoms with van der Waals surface area (Å²) < 4.78 is 6.03. The molecule has 0 unspecified atom stereocenters. The molecule has 0 saturated heterocycles. The standard InChI is InChI=1S/C24H24NOP.C5H.Fe/c1-24(2,3)22-17-26-23(25-22)20-15-10-16-21(20)27(18-11-6-4-7-12-18)19-13-8-5-9-14-19;1-2-4-5-3-1;/h4-14,16,22H,17H2,1-3H3;1H;/q-2;-5;+2/t22-;;/m1../s1. The van der Waals surface area contributed by atoms with Gasteiger partial charge in [0.05, 0.1) is 12.6 Å². The van der Waals surface area contributed by atoms with Crippen LogP contribution < -0.4 is 15.9 Å². The molecule has 0 fully saturated rings. The molecule has 0 bridgehead atoms. The maximum absolute atomic E-state index is 6.03. The van der Waals surface area contributed by atoms with Gasteiger partial charge in [-0.25, -0.2) is 5.56 Å². The Morgan fingerprint density at radius 3 is 2.00 bits per heavy atom. The van der Waals surface area contributed by atoms with Crippen molar-refractivity contribution in [2.45, 2.75) is 26.8 Å². The fraction of sp³-hybridized carbons (Fsp3) is 0.207. The first-order valence-corrected chi connectivity index (χ1v) is 12.0. The first-order valence-electron chi connectivity index (χ1n) is 10.7. The van der Waals surface area contributed by atoms with Crippen molar-refractivity contribution in [3.05, 3.63) is 115 Å². The van der Waals surface area contributed by atoms with Crippen molar-refractivity contribution in [3.63, 3.8) is 0 Å². The van der Waals surface area contributed by atoms with Crippen LogP contribution in [0.15, 0.2) is 83.9 Å². The van der Waals surface area contributed by atoms with Gasteiger partial charge in [0, 0.05) is 5.90 Å². The van der Waals surface area contributed by atoms with Crippen LogP contribution in [0.25, 0.3) is 0 Å². The molecule has 4 aromatic carbocycles. The minimum absolute atomic E-state index is 0. The van der Waals surface area contributed by atoms with E-state index < -0.39 is 7.92 Å². The molecule has 1 heterocycles. The molecule has 0 aliphatic carbocycles. The van der Waals surface area contributed by atoms with Crippen molar-refractivity contribution in [1.82, 2.24) is 0 Å². The van der Waals surface area contributed by atoms with E-state index in [-0.39, 0.29) is 28.5 Å². The van der Waals surface area contributed by atoms with E-state index in [1.807, 2.05) is 6.07 Å². The average Bonchev–Trinajstić information content (AvgIpc) is 3.58. The van der Waals surface area contributed by atoms with Gasteiger partial charge in [-0.2, -0.15) is 0 Å². The number of benzene rings is 2. The predicted octanol–water partition coefficient (Wildman–Crippen LogP) is 4.76. The van der Waals surface area contributed by atoms with Crippen LogP contribution in [0.4, 0.5) is 0 Å². The van der Waals surface area contributed by atoms with E-state index >= 15 is 0 Å². The minimum Gasteiger partial charge on any atom is -0.999 e. The Bertz CT molecular complexity index is 1050. The van der Waals surface area contributed by atoms with Gasteiger partial charge in [0.25, 0.3) is 0 Å². The molecule has 170 valence electrons. The van der Waals surface area contributed by atoms with Crippen molar-refractivity contribution < 1.29 is 21.8 Å². The van der Waals surface area contributed by atoms with E-state index in [0.29, 0.717) is 6.61 Å².